The zero-order chi connectivity index (χ0) is 19.7. The first-order valence-corrected chi connectivity index (χ1v) is 10.2. The third-order valence-corrected chi connectivity index (χ3v) is 5.53. The summed E-state index contributed by atoms with van der Waals surface area (Å²) >= 11 is 0. The van der Waals surface area contributed by atoms with Crippen molar-refractivity contribution in [2.45, 2.75) is 45.4 Å². The lowest BCUT2D eigenvalue weighted by Crippen LogP contribution is -2.32. The summed E-state index contributed by atoms with van der Waals surface area (Å²) < 4.78 is 30.2. The molecule has 2 heterocycles. The second-order valence-corrected chi connectivity index (χ2v) is 9.81. The molecule has 1 atom stereocenters. The molecule has 0 radical (unpaired) electrons. The van der Waals surface area contributed by atoms with Crippen LogP contribution in [0.5, 0.6) is 0 Å². The number of nitrogens with zero attached hydrogens (tertiary/aromatic N) is 3. The monoisotopic (exact) mass is 386 g/mol. The summed E-state index contributed by atoms with van der Waals surface area (Å²) in [5, 5.41) is 6.96. The Kier molecular flexibility index (Phi) is 5.64. The normalized spacial score (nSPS) is 19.2. The summed E-state index contributed by atoms with van der Waals surface area (Å²) in [5.74, 6) is -0.231. The van der Waals surface area contributed by atoms with Crippen LogP contribution in [0, 0.1) is 0 Å². The largest absolute Gasteiger partial charge is 0.444 e. The molecule has 0 aliphatic carbocycles. The lowest BCUT2D eigenvalue weighted by atomic mass is 10.2. The first-order valence-electron chi connectivity index (χ1n) is 8.35. The molecule has 0 aromatic carbocycles. The van der Waals surface area contributed by atoms with Gasteiger partial charge in [0.2, 0.25) is 0 Å². The van der Waals surface area contributed by atoms with E-state index >= 15 is 0 Å². The molecule has 26 heavy (non-hydrogen) atoms. The molecule has 10 heteroatoms. The van der Waals surface area contributed by atoms with E-state index in [-0.39, 0.29) is 30.0 Å². The van der Waals surface area contributed by atoms with Crippen LogP contribution in [-0.4, -0.2) is 66.3 Å². The van der Waals surface area contributed by atoms with E-state index < -0.39 is 21.5 Å². The van der Waals surface area contributed by atoms with E-state index in [0.29, 0.717) is 17.8 Å². The summed E-state index contributed by atoms with van der Waals surface area (Å²) in [4.78, 5) is 25.6. The molecule has 9 nitrogen and oxygen atoms in total. The SMILES string of the molecule is CN(C)C(=O)c1cc(CNC(=O)OC(C)(C)C)nn1C1CCS(=O)(=O)C1. The molecule has 0 spiro atoms. The van der Waals surface area contributed by atoms with Crippen LogP contribution >= 0.6 is 0 Å². The molecule has 1 N–H and O–H groups in total. The minimum absolute atomic E-state index is 0.0404. The summed E-state index contributed by atoms with van der Waals surface area (Å²) in [7, 11) is 0.111. The van der Waals surface area contributed by atoms with E-state index in [1.165, 1.54) is 9.58 Å². The van der Waals surface area contributed by atoms with Crippen LogP contribution in [0.2, 0.25) is 0 Å². The maximum absolute atomic E-state index is 12.4. The highest BCUT2D eigenvalue weighted by Gasteiger charge is 2.33. The summed E-state index contributed by atoms with van der Waals surface area (Å²) in [6, 6.07) is 1.19. The lowest BCUT2D eigenvalue weighted by Gasteiger charge is -2.19. The molecule has 1 aliphatic heterocycles. The van der Waals surface area contributed by atoms with Gasteiger partial charge in [-0.15, -0.1) is 0 Å². The second-order valence-electron chi connectivity index (χ2n) is 7.58. The molecule has 1 aliphatic rings. The molecule has 1 unspecified atom stereocenters. The number of hydrogen-bond acceptors (Lipinski definition) is 6. The van der Waals surface area contributed by atoms with Crippen LogP contribution in [0.4, 0.5) is 4.79 Å². The van der Waals surface area contributed by atoms with Crippen molar-refractivity contribution in [1.29, 1.82) is 0 Å². The van der Waals surface area contributed by atoms with E-state index in [9.17, 15) is 18.0 Å². The van der Waals surface area contributed by atoms with Crippen LogP contribution < -0.4 is 5.32 Å². The minimum Gasteiger partial charge on any atom is -0.444 e. The zero-order valence-electron chi connectivity index (χ0n) is 15.8. The van der Waals surface area contributed by atoms with Gasteiger partial charge in [-0.1, -0.05) is 0 Å². The molecule has 0 saturated carbocycles. The van der Waals surface area contributed by atoms with E-state index in [2.05, 4.69) is 10.4 Å². The Morgan fingerprint density at radius 2 is 2.04 bits per heavy atom. The number of nitrogens with one attached hydrogen (secondary N) is 1. The molecule has 146 valence electrons. The predicted molar refractivity (Wildman–Crippen MR) is 95.6 cm³/mol. The Morgan fingerprint density at radius 1 is 1.38 bits per heavy atom. The predicted octanol–water partition coefficient (Wildman–Crippen LogP) is 0.969. The van der Waals surface area contributed by atoms with Crippen LogP contribution in [0.1, 0.15) is 49.4 Å². The number of alkyl carbamates (subject to hydrolysis) is 1. The van der Waals surface area contributed by atoms with Crippen molar-refractivity contribution in [3.63, 3.8) is 0 Å². The van der Waals surface area contributed by atoms with Gasteiger partial charge in [0, 0.05) is 14.1 Å². The average Bonchev–Trinajstić information content (AvgIpc) is 3.05. The molecule has 2 rings (SSSR count). The Balaban J connectivity index is 2.20. The topological polar surface area (TPSA) is 111 Å². The Hall–Kier alpha value is -2.10. The van der Waals surface area contributed by atoms with Crippen molar-refractivity contribution < 1.29 is 22.7 Å². The van der Waals surface area contributed by atoms with Crippen molar-refractivity contribution in [2.75, 3.05) is 25.6 Å². The fraction of sp³-hybridized carbons (Fsp3) is 0.688. The van der Waals surface area contributed by atoms with Crippen molar-refractivity contribution >= 4 is 21.8 Å². The van der Waals surface area contributed by atoms with Gasteiger partial charge in [0.15, 0.2) is 9.84 Å². The molecule has 1 aromatic rings. The number of sulfone groups is 1. The van der Waals surface area contributed by atoms with Gasteiger partial charge >= 0.3 is 6.09 Å². The van der Waals surface area contributed by atoms with Gasteiger partial charge < -0.3 is 15.0 Å². The van der Waals surface area contributed by atoms with Gasteiger partial charge in [0.1, 0.15) is 11.3 Å². The van der Waals surface area contributed by atoms with Gasteiger partial charge in [-0.3, -0.25) is 9.48 Å². The highest BCUT2D eigenvalue weighted by molar-refractivity contribution is 7.91. The number of aromatic nitrogens is 2. The van der Waals surface area contributed by atoms with E-state index in [1.54, 1.807) is 40.9 Å². The number of carbonyl (C=O) groups is 2. The Bertz CT molecular complexity index is 792. The van der Waals surface area contributed by atoms with Crippen LogP contribution in [0.15, 0.2) is 6.07 Å². The first-order chi connectivity index (χ1) is 11.9. The molecule has 2 amide bonds. The number of hydrogen-bond donors (Lipinski definition) is 1. The maximum atomic E-state index is 12.4. The molecule has 1 fully saturated rings. The van der Waals surface area contributed by atoms with Crippen molar-refractivity contribution in [3.05, 3.63) is 17.5 Å². The van der Waals surface area contributed by atoms with Crippen LogP contribution in [0.3, 0.4) is 0 Å². The summed E-state index contributed by atoms with van der Waals surface area (Å²) in [6.45, 7) is 5.36. The Labute approximate surface area is 153 Å². The number of amides is 2. The van der Waals surface area contributed by atoms with Gasteiger partial charge in [-0.25, -0.2) is 13.2 Å². The van der Waals surface area contributed by atoms with E-state index in [4.69, 9.17) is 4.74 Å². The average molecular weight is 386 g/mol. The van der Waals surface area contributed by atoms with Crippen molar-refractivity contribution in [1.82, 2.24) is 20.0 Å². The highest BCUT2D eigenvalue weighted by atomic mass is 32.2. The summed E-state index contributed by atoms with van der Waals surface area (Å²) in [6.07, 6.45) is -0.174. The quantitative estimate of drug-likeness (QED) is 0.825. The molecule has 0 bridgehead atoms. The smallest absolute Gasteiger partial charge is 0.407 e. The van der Waals surface area contributed by atoms with Crippen molar-refractivity contribution in [3.8, 4) is 0 Å². The molecule has 1 saturated heterocycles. The summed E-state index contributed by atoms with van der Waals surface area (Å²) in [5.41, 5.74) is 0.150. The van der Waals surface area contributed by atoms with Gasteiger partial charge in [-0.05, 0) is 33.3 Å². The zero-order valence-corrected chi connectivity index (χ0v) is 16.6. The van der Waals surface area contributed by atoms with Gasteiger partial charge in [0.25, 0.3) is 5.91 Å². The second kappa shape index (κ2) is 7.26. The van der Waals surface area contributed by atoms with Gasteiger partial charge in [-0.2, -0.15) is 5.10 Å². The number of rotatable bonds is 4. The third-order valence-electron chi connectivity index (χ3n) is 3.78. The number of ether oxygens (including phenoxy) is 1. The van der Waals surface area contributed by atoms with Crippen LogP contribution in [0.25, 0.3) is 0 Å². The lowest BCUT2D eigenvalue weighted by molar-refractivity contribution is 0.0522. The fourth-order valence-electron chi connectivity index (χ4n) is 2.64. The van der Waals surface area contributed by atoms with Crippen molar-refractivity contribution in [2.24, 2.45) is 0 Å². The molecule has 1 aromatic heterocycles. The standard InChI is InChI=1S/C16H26N4O5S/c1-16(2,3)25-15(22)17-9-11-8-13(14(21)19(4)5)20(18-11)12-6-7-26(23,24)10-12/h8,12H,6-7,9-10H2,1-5H3,(H,17,22). The van der Waals surface area contributed by atoms with Gasteiger partial charge in [0.05, 0.1) is 29.8 Å². The first kappa shape index (κ1) is 20.2. The van der Waals surface area contributed by atoms with Crippen LogP contribution in [-0.2, 0) is 21.1 Å². The van der Waals surface area contributed by atoms with E-state index in [0.717, 1.165) is 0 Å². The van der Waals surface area contributed by atoms with E-state index in [1.807, 2.05) is 0 Å². The molecular formula is C16H26N4O5S. The third kappa shape index (κ3) is 5.20. The highest BCUT2D eigenvalue weighted by Crippen LogP contribution is 2.25. The Morgan fingerprint density at radius 3 is 2.54 bits per heavy atom. The fourth-order valence-corrected chi connectivity index (χ4v) is 4.34. The minimum atomic E-state index is -3.12. The molecular weight excluding hydrogens is 360 g/mol. The maximum Gasteiger partial charge on any atom is 0.407 e. The number of carbonyl (C=O) groups excluding carboxylic acids is 2.